The molecule has 100 valence electrons. The third-order valence-electron chi connectivity index (χ3n) is 4.07. The highest BCUT2D eigenvalue weighted by Crippen LogP contribution is 2.30. The smallest absolute Gasteiger partial charge is 0.00630 e. The van der Waals surface area contributed by atoms with Crippen LogP contribution in [0, 0.1) is 0 Å². The third kappa shape index (κ3) is 2.46. The van der Waals surface area contributed by atoms with E-state index in [4.69, 9.17) is 0 Å². The molecule has 0 nitrogen and oxygen atoms in total. The minimum atomic E-state index is 0.144. The Balaban J connectivity index is 2.01. The Morgan fingerprint density at radius 2 is 1.35 bits per heavy atom. The summed E-state index contributed by atoms with van der Waals surface area (Å²) in [4.78, 5) is 0. The van der Waals surface area contributed by atoms with Crippen LogP contribution in [-0.2, 0) is 11.8 Å². The maximum atomic E-state index is 2.32. The van der Waals surface area contributed by atoms with E-state index in [1.54, 1.807) is 0 Å². The van der Waals surface area contributed by atoms with Crippen molar-refractivity contribution in [1.82, 2.24) is 0 Å². The second-order valence-corrected chi connectivity index (χ2v) is 6.06. The first kappa shape index (κ1) is 12.9. The lowest BCUT2D eigenvalue weighted by atomic mass is 9.78. The minimum Gasteiger partial charge on any atom is -0.0622 e. The molecule has 0 amide bonds. The van der Waals surface area contributed by atoms with E-state index in [1.165, 1.54) is 21.9 Å². The molecule has 0 heterocycles. The second-order valence-electron chi connectivity index (χ2n) is 6.06. The van der Waals surface area contributed by atoms with Gasteiger partial charge in [0.1, 0.15) is 0 Å². The van der Waals surface area contributed by atoms with E-state index in [2.05, 4.69) is 86.6 Å². The lowest BCUT2D eigenvalue weighted by Crippen LogP contribution is -2.20. The molecule has 0 saturated carbocycles. The highest BCUT2D eigenvalue weighted by molar-refractivity contribution is 5.85. The van der Waals surface area contributed by atoms with E-state index in [9.17, 15) is 0 Å². The maximum Gasteiger partial charge on any atom is -0.00630 e. The van der Waals surface area contributed by atoms with Crippen molar-refractivity contribution >= 4 is 10.8 Å². The number of hydrogen-bond donors (Lipinski definition) is 0. The molecule has 20 heavy (non-hydrogen) atoms. The highest BCUT2D eigenvalue weighted by Gasteiger charge is 2.21. The molecule has 0 radical (unpaired) electrons. The van der Waals surface area contributed by atoms with E-state index in [0.717, 1.165) is 6.42 Å². The van der Waals surface area contributed by atoms with Gasteiger partial charge in [0.2, 0.25) is 0 Å². The van der Waals surface area contributed by atoms with E-state index in [0.29, 0.717) is 0 Å². The monoisotopic (exact) mass is 260 g/mol. The number of fused-ring (bicyclic) bond motifs is 1. The number of rotatable bonds is 3. The van der Waals surface area contributed by atoms with Gasteiger partial charge in [-0.2, -0.15) is 0 Å². The quantitative estimate of drug-likeness (QED) is 0.594. The Morgan fingerprint density at radius 1 is 0.700 bits per heavy atom. The van der Waals surface area contributed by atoms with Crippen LogP contribution < -0.4 is 0 Å². The van der Waals surface area contributed by atoms with Crippen LogP contribution in [0.5, 0.6) is 0 Å². The van der Waals surface area contributed by atoms with Crippen molar-refractivity contribution in [1.29, 1.82) is 0 Å². The van der Waals surface area contributed by atoms with Crippen molar-refractivity contribution in [2.24, 2.45) is 0 Å². The van der Waals surface area contributed by atoms with Crippen LogP contribution >= 0.6 is 0 Å². The van der Waals surface area contributed by atoms with Crippen LogP contribution in [0.1, 0.15) is 25.0 Å². The van der Waals surface area contributed by atoms with Crippen molar-refractivity contribution in [3.05, 3.63) is 83.9 Å². The molecule has 3 rings (SSSR count). The molecule has 0 spiro atoms. The normalized spacial score (nSPS) is 11.7. The molecule has 0 aliphatic heterocycles. The second kappa shape index (κ2) is 5.13. The number of hydrogen-bond acceptors (Lipinski definition) is 0. The fraction of sp³-hybridized carbons (Fsp3) is 0.200. The van der Waals surface area contributed by atoms with Gasteiger partial charge in [-0.15, -0.1) is 0 Å². The SMILES string of the molecule is CC(C)(Cc1cccc2ccccc12)c1ccccc1. The van der Waals surface area contributed by atoms with Crippen molar-refractivity contribution in [2.75, 3.05) is 0 Å². The van der Waals surface area contributed by atoms with Gasteiger partial charge in [-0.3, -0.25) is 0 Å². The van der Waals surface area contributed by atoms with Gasteiger partial charge < -0.3 is 0 Å². The molecule has 0 fully saturated rings. The average Bonchev–Trinajstić information content (AvgIpc) is 2.48. The number of benzene rings is 3. The molecule has 0 bridgehead atoms. The molecular formula is C20H20. The van der Waals surface area contributed by atoms with E-state index in [-0.39, 0.29) is 5.41 Å². The fourth-order valence-corrected chi connectivity index (χ4v) is 2.91. The Labute approximate surface area is 121 Å². The fourth-order valence-electron chi connectivity index (χ4n) is 2.91. The first-order valence-electron chi connectivity index (χ1n) is 7.19. The standard InChI is InChI=1S/C20H20/c1-20(2,18-12-4-3-5-13-18)15-17-11-8-10-16-9-6-7-14-19(16)17/h3-14H,15H2,1-2H3. The van der Waals surface area contributed by atoms with Gasteiger partial charge in [0.25, 0.3) is 0 Å². The van der Waals surface area contributed by atoms with Gasteiger partial charge in [-0.1, -0.05) is 86.6 Å². The summed E-state index contributed by atoms with van der Waals surface area (Å²) >= 11 is 0. The Hall–Kier alpha value is -2.08. The van der Waals surface area contributed by atoms with Crippen LogP contribution in [0.4, 0.5) is 0 Å². The average molecular weight is 260 g/mol. The van der Waals surface area contributed by atoms with Crippen LogP contribution in [0.15, 0.2) is 72.8 Å². The van der Waals surface area contributed by atoms with Crippen LogP contribution in [0.3, 0.4) is 0 Å². The topological polar surface area (TPSA) is 0 Å². The van der Waals surface area contributed by atoms with E-state index >= 15 is 0 Å². The first-order valence-corrected chi connectivity index (χ1v) is 7.19. The zero-order chi connectivity index (χ0) is 14.0. The van der Waals surface area contributed by atoms with Crippen LogP contribution in [0.2, 0.25) is 0 Å². The molecular weight excluding hydrogens is 240 g/mol. The summed E-state index contributed by atoms with van der Waals surface area (Å²) in [7, 11) is 0. The molecule has 0 saturated heterocycles. The lowest BCUT2D eigenvalue weighted by Gasteiger charge is -2.26. The Kier molecular flexibility index (Phi) is 3.31. The van der Waals surface area contributed by atoms with Gasteiger partial charge >= 0.3 is 0 Å². The zero-order valence-corrected chi connectivity index (χ0v) is 12.1. The van der Waals surface area contributed by atoms with Crippen LogP contribution in [-0.4, -0.2) is 0 Å². The summed E-state index contributed by atoms with van der Waals surface area (Å²) in [6.45, 7) is 4.65. The van der Waals surface area contributed by atoms with Crippen molar-refractivity contribution < 1.29 is 0 Å². The lowest BCUT2D eigenvalue weighted by molar-refractivity contribution is 0.524. The highest BCUT2D eigenvalue weighted by atomic mass is 14.3. The van der Waals surface area contributed by atoms with Gasteiger partial charge in [0.15, 0.2) is 0 Å². The molecule has 0 aromatic heterocycles. The van der Waals surface area contributed by atoms with Crippen LogP contribution in [0.25, 0.3) is 10.8 Å². The summed E-state index contributed by atoms with van der Waals surface area (Å²) < 4.78 is 0. The third-order valence-corrected chi connectivity index (χ3v) is 4.07. The molecule has 0 atom stereocenters. The Morgan fingerprint density at radius 3 is 2.15 bits per heavy atom. The van der Waals surface area contributed by atoms with Gasteiger partial charge in [-0.25, -0.2) is 0 Å². The molecule has 0 heteroatoms. The Bertz CT molecular complexity index is 703. The van der Waals surface area contributed by atoms with Gasteiger partial charge in [0, 0.05) is 0 Å². The summed E-state index contributed by atoms with van der Waals surface area (Å²) in [5.41, 5.74) is 2.97. The summed E-state index contributed by atoms with van der Waals surface area (Å²) in [5, 5.41) is 2.70. The van der Waals surface area contributed by atoms with Crippen molar-refractivity contribution in [3.8, 4) is 0 Å². The molecule has 3 aromatic carbocycles. The minimum absolute atomic E-state index is 0.144. The van der Waals surface area contributed by atoms with Crippen molar-refractivity contribution in [3.63, 3.8) is 0 Å². The largest absolute Gasteiger partial charge is 0.0622 e. The maximum absolute atomic E-state index is 2.32. The summed E-state index contributed by atoms with van der Waals surface area (Å²) in [6.07, 6.45) is 1.05. The van der Waals surface area contributed by atoms with Gasteiger partial charge in [-0.05, 0) is 33.7 Å². The molecule has 0 unspecified atom stereocenters. The van der Waals surface area contributed by atoms with Crippen molar-refractivity contribution in [2.45, 2.75) is 25.7 Å². The summed E-state index contributed by atoms with van der Waals surface area (Å²) in [6, 6.07) is 26.0. The summed E-state index contributed by atoms with van der Waals surface area (Å²) in [5.74, 6) is 0. The van der Waals surface area contributed by atoms with E-state index in [1.807, 2.05) is 0 Å². The predicted octanol–water partition coefficient (Wildman–Crippen LogP) is 5.36. The predicted molar refractivity (Wildman–Crippen MR) is 87.1 cm³/mol. The molecule has 3 aromatic rings. The molecule has 0 N–H and O–H groups in total. The zero-order valence-electron chi connectivity index (χ0n) is 12.1. The van der Waals surface area contributed by atoms with Gasteiger partial charge in [0.05, 0.1) is 0 Å². The molecule has 0 aliphatic carbocycles. The first-order chi connectivity index (χ1) is 9.67. The van der Waals surface area contributed by atoms with E-state index < -0.39 is 0 Å². The molecule has 0 aliphatic rings.